The van der Waals surface area contributed by atoms with Crippen LogP contribution in [-0.4, -0.2) is 21.4 Å². The largest absolute Gasteiger partial charge is 0.482 e. The number of ether oxygens (including phenoxy) is 1. The van der Waals surface area contributed by atoms with Gasteiger partial charge in [-0.15, -0.1) is 0 Å². The van der Waals surface area contributed by atoms with Crippen molar-refractivity contribution in [3.05, 3.63) is 34.8 Å². The van der Waals surface area contributed by atoms with Crippen molar-refractivity contribution in [1.29, 1.82) is 0 Å². The first-order valence-corrected chi connectivity index (χ1v) is 9.90. The zero-order valence-corrected chi connectivity index (χ0v) is 16.7. The van der Waals surface area contributed by atoms with E-state index in [1.165, 1.54) is 47.5 Å². The molecule has 3 heterocycles. The number of hydrogen-bond acceptors (Lipinski definition) is 4. The molecule has 5 heteroatoms. The van der Waals surface area contributed by atoms with Crippen LogP contribution in [-0.2, 0) is 17.6 Å². The summed E-state index contributed by atoms with van der Waals surface area (Å²) >= 11 is 11.2. The summed E-state index contributed by atoms with van der Waals surface area (Å²) in [6, 6.07) is 0. The van der Waals surface area contributed by atoms with Crippen molar-refractivity contribution in [3.63, 3.8) is 0 Å². The van der Waals surface area contributed by atoms with Gasteiger partial charge < -0.3 is 10.1 Å². The third kappa shape index (κ3) is 2.43. The molecule has 0 fully saturated rings. The van der Waals surface area contributed by atoms with Gasteiger partial charge in [0.25, 0.3) is 0 Å². The minimum Gasteiger partial charge on any atom is -0.482 e. The molecule has 3 nitrogen and oxygen atoms in total. The number of anilines is 1. The van der Waals surface area contributed by atoms with Crippen molar-refractivity contribution in [3.8, 4) is 0 Å². The molecule has 3 aliphatic rings. The Balaban J connectivity index is 1.83. The SMILES string of the molecule is CCC1(CC)CCC(=S)C2=C1Cc1cn3c(c1N2)CC(=S)C=C3OC. The molecule has 0 unspecified atom stereocenters. The summed E-state index contributed by atoms with van der Waals surface area (Å²) in [4.78, 5) is 1.99. The van der Waals surface area contributed by atoms with E-state index in [2.05, 4.69) is 29.9 Å². The van der Waals surface area contributed by atoms with E-state index in [1.807, 2.05) is 6.08 Å². The Morgan fingerprint density at radius 2 is 2.00 bits per heavy atom. The Hall–Kier alpha value is -1.46. The molecule has 0 spiro atoms. The van der Waals surface area contributed by atoms with E-state index in [-0.39, 0.29) is 5.41 Å². The maximum absolute atomic E-state index is 5.74. The molecule has 0 saturated carbocycles. The van der Waals surface area contributed by atoms with E-state index < -0.39 is 0 Å². The van der Waals surface area contributed by atoms with Gasteiger partial charge in [0.15, 0.2) is 5.88 Å². The summed E-state index contributed by atoms with van der Waals surface area (Å²) in [5.41, 5.74) is 6.71. The highest BCUT2D eigenvalue weighted by molar-refractivity contribution is 7.81. The van der Waals surface area contributed by atoms with Gasteiger partial charge in [-0.2, -0.15) is 0 Å². The second-order valence-electron chi connectivity index (χ2n) is 7.24. The third-order valence-corrected chi connectivity index (χ3v) is 6.95. The monoisotopic (exact) mass is 372 g/mol. The molecule has 0 atom stereocenters. The predicted molar refractivity (Wildman–Crippen MR) is 111 cm³/mol. The lowest BCUT2D eigenvalue weighted by Gasteiger charge is -2.42. The van der Waals surface area contributed by atoms with Crippen LogP contribution >= 0.6 is 24.4 Å². The molecule has 25 heavy (non-hydrogen) atoms. The highest BCUT2D eigenvalue weighted by Gasteiger charge is 2.41. The van der Waals surface area contributed by atoms with Crippen molar-refractivity contribution in [2.45, 2.75) is 52.4 Å². The summed E-state index contributed by atoms with van der Waals surface area (Å²) < 4.78 is 7.71. The van der Waals surface area contributed by atoms with Crippen LogP contribution in [0.5, 0.6) is 0 Å². The molecule has 1 aromatic heterocycles. The molecule has 0 radical (unpaired) electrons. The Bertz CT molecular complexity index is 840. The van der Waals surface area contributed by atoms with E-state index in [1.54, 1.807) is 7.11 Å². The van der Waals surface area contributed by atoms with Crippen LogP contribution in [0.1, 0.15) is 50.8 Å². The van der Waals surface area contributed by atoms with Crippen LogP contribution in [0, 0.1) is 5.41 Å². The highest BCUT2D eigenvalue weighted by Crippen LogP contribution is 2.50. The van der Waals surface area contributed by atoms with Crippen LogP contribution in [0.2, 0.25) is 0 Å². The summed E-state index contributed by atoms with van der Waals surface area (Å²) in [6.07, 6.45) is 10.4. The van der Waals surface area contributed by atoms with Gasteiger partial charge in [0.05, 0.1) is 24.2 Å². The molecule has 1 aromatic rings. The molecular weight excluding hydrogens is 348 g/mol. The van der Waals surface area contributed by atoms with Gasteiger partial charge in [0.2, 0.25) is 0 Å². The maximum atomic E-state index is 5.74. The molecule has 132 valence electrons. The average Bonchev–Trinajstić information content (AvgIpc) is 2.98. The van der Waals surface area contributed by atoms with Crippen LogP contribution in [0.3, 0.4) is 0 Å². The van der Waals surface area contributed by atoms with Crippen LogP contribution in [0.15, 0.2) is 23.5 Å². The fourth-order valence-corrected chi connectivity index (χ4v) is 5.18. The summed E-state index contributed by atoms with van der Waals surface area (Å²) in [6.45, 7) is 4.62. The van der Waals surface area contributed by atoms with Crippen LogP contribution < -0.4 is 5.32 Å². The Kier molecular flexibility index (Phi) is 4.12. The molecule has 0 amide bonds. The average molecular weight is 373 g/mol. The van der Waals surface area contributed by atoms with Crippen molar-refractivity contribution < 1.29 is 4.74 Å². The van der Waals surface area contributed by atoms with E-state index in [0.717, 1.165) is 34.9 Å². The number of allylic oxidation sites excluding steroid dienone is 3. The zero-order chi connectivity index (χ0) is 17.8. The number of hydrogen-bond donors (Lipinski definition) is 1. The summed E-state index contributed by atoms with van der Waals surface area (Å²) in [7, 11) is 1.70. The van der Waals surface area contributed by atoms with Gasteiger partial charge in [0.1, 0.15) is 0 Å². The lowest BCUT2D eigenvalue weighted by Crippen LogP contribution is -2.35. The molecule has 4 rings (SSSR count). The second kappa shape index (κ2) is 6.06. The topological polar surface area (TPSA) is 26.2 Å². The normalized spacial score (nSPS) is 21.2. The zero-order valence-electron chi connectivity index (χ0n) is 15.1. The molecule has 1 N–H and O–H groups in total. The Labute approximate surface area is 160 Å². The number of nitrogens with one attached hydrogen (secondary N) is 1. The maximum Gasteiger partial charge on any atom is 0.198 e. The van der Waals surface area contributed by atoms with Gasteiger partial charge in [-0.3, -0.25) is 4.57 Å². The number of aromatic nitrogens is 1. The lowest BCUT2D eigenvalue weighted by molar-refractivity contribution is 0.292. The molecule has 0 aromatic carbocycles. The van der Waals surface area contributed by atoms with Gasteiger partial charge in [0, 0.05) is 28.4 Å². The van der Waals surface area contributed by atoms with Crippen molar-refractivity contribution in [2.75, 3.05) is 12.4 Å². The van der Waals surface area contributed by atoms with Crippen LogP contribution in [0.4, 0.5) is 5.69 Å². The molecule has 1 aliphatic carbocycles. The Morgan fingerprint density at radius 1 is 1.24 bits per heavy atom. The first kappa shape index (κ1) is 17.0. The predicted octanol–water partition coefficient (Wildman–Crippen LogP) is 5.05. The van der Waals surface area contributed by atoms with Crippen molar-refractivity contribution in [2.24, 2.45) is 5.41 Å². The lowest BCUT2D eigenvalue weighted by atomic mass is 9.65. The summed E-state index contributed by atoms with van der Waals surface area (Å²) in [5, 5.41) is 3.72. The molecule has 0 bridgehead atoms. The number of nitrogens with zero attached hydrogens (tertiary/aromatic N) is 1. The number of rotatable bonds is 3. The van der Waals surface area contributed by atoms with Crippen molar-refractivity contribution >= 4 is 45.7 Å². The number of thiocarbonyl (C=S) groups is 2. The first-order chi connectivity index (χ1) is 12.0. The molecule has 2 aliphatic heterocycles. The second-order valence-corrected chi connectivity index (χ2v) is 8.26. The van der Waals surface area contributed by atoms with E-state index >= 15 is 0 Å². The van der Waals surface area contributed by atoms with Gasteiger partial charge in [-0.1, -0.05) is 38.3 Å². The van der Waals surface area contributed by atoms with E-state index in [0.29, 0.717) is 0 Å². The standard InChI is InChI=1S/C20H24N2OS2/c1-4-20(5-2)7-6-16(25)19-14(20)8-12-11-22-15(18(12)21-19)9-13(24)10-17(22)23-3/h10-11,21H,4-9H2,1-3H3. The Morgan fingerprint density at radius 3 is 2.68 bits per heavy atom. The van der Waals surface area contributed by atoms with E-state index in [4.69, 9.17) is 29.2 Å². The summed E-state index contributed by atoms with van der Waals surface area (Å²) in [5.74, 6) is 0.806. The van der Waals surface area contributed by atoms with Gasteiger partial charge >= 0.3 is 0 Å². The highest BCUT2D eigenvalue weighted by atomic mass is 32.1. The molecular formula is C20H24N2OS2. The third-order valence-electron chi connectivity index (χ3n) is 6.28. The van der Waals surface area contributed by atoms with Gasteiger partial charge in [-0.05, 0) is 48.7 Å². The number of methoxy groups -OCH3 is 1. The van der Waals surface area contributed by atoms with Gasteiger partial charge in [-0.25, -0.2) is 0 Å². The fraction of sp³-hybridized carbons (Fsp3) is 0.500. The van der Waals surface area contributed by atoms with Crippen LogP contribution in [0.25, 0.3) is 5.88 Å². The van der Waals surface area contributed by atoms with Crippen molar-refractivity contribution in [1.82, 2.24) is 4.57 Å². The van der Waals surface area contributed by atoms with E-state index in [9.17, 15) is 0 Å². The number of fused-ring (bicyclic) bond motifs is 3. The minimum absolute atomic E-state index is 0.278. The first-order valence-electron chi connectivity index (χ1n) is 9.08. The molecule has 0 saturated heterocycles. The minimum atomic E-state index is 0.278. The quantitative estimate of drug-likeness (QED) is 0.751. The smallest absolute Gasteiger partial charge is 0.198 e. The fourth-order valence-electron chi connectivity index (χ4n) is 4.67.